The Labute approximate surface area is 111 Å². The molecule has 1 aromatic heterocycles. The summed E-state index contributed by atoms with van der Waals surface area (Å²) < 4.78 is 10.5. The van der Waals surface area contributed by atoms with Gasteiger partial charge in [-0.15, -0.1) is 0 Å². The van der Waals surface area contributed by atoms with Gasteiger partial charge in [0, 0.05) is 6.20 Å². The number of carbonyl (C=O) groups is 1. The number of nitrogens with two attached hydrogens (primary N) is 1. The number of hydrogen-bond acceptors (Lipinski definition) is 5. The average Bonchev–Trinajstić information content (AvgIpc) is 2.44. The Morgan fingerprint density at radius 1 is 1.16 bits per heavy atom. The van der Waals surface area contributed by atoms with Crippen LogP contribution in [0.2, 0.25) is 0 Å². The molecule has 0 unspecified atom stereocenters. The van der Waals surface area contributed by atoms with Crippen molar-refractivity contribution < 1.29 is 14.3 Å². The normalized spacial score (nSPS) is 9.89. The molecule has 2 aromatic rings. The maximum atomic E-state index is 11.6. The van der Waals surface area contributed by atoms with E-state index in [1.165, 1.54) is 12.3 Å². The van der Waals surface area contributed by atoms with Gasteiger partial charge in [0.25, 0.3) is 0 Å². The van der Waals surface area contributed by atoms with Crippen LogP contribution in [0.5, 0.6) is 5.75 Å². The van der Waals surface area contributed by atoms with Gasteiger partial charge in [-0.1, -0.05) is 18.2 Å². The summed E-state index contributed by atoms with van der Waals surface area (Å²) in [5, 5.41) is 0. The Kier molecular flexibility index (Phi) is 4.34. The van der Waals surface area contributed by atoms with Crippen LogP contribution in [0.3, 0.4) is 0 Å². The van der Waals surface area contributed by atoms with E-state index in [1.54, 1.807) is 6.07 Å². The highest BCUT2D eigenvalue weighted by Gasteiger charge is 2.07. The van der Waals surface area contributed by atoms with Crippen LogP contribution >= 0.6 is 0 Å². The van der Waals surface area contributed by atoms with Crippen LogP contribution < -0.4 is 10.5 Å². The zero-order chi connectivity index (χ0) is 13.5. The number of rotatable bonds is 5. The van der Waals surface area contributed by atoms with Crippen molar-refractivity contribution in [3.63, 3.8) is 0 Å². The van der Waals surface area contributed by atoms with Gasteiger partial charge in [-0.2, -0.15) is 0 Å². The molecule has 98 valence electrons. The molecule has 2 N–H and O–H groups in total. The van der Waals surface area contributed by atoms with Crippen LogP contribution in [0, 0.1) is 0 Å². The maximum absolute atomic E-state index is 11.6. The van der Waals surface area contributed by atoms with Crippen LogP contribution in [-0.2, 0) is 4.74 Å². The van der Waals surface area contributed by atoms with Gasteiger partial charge >= 0.3 is 5.97 Å². The molecule has 0 saturated carbocycles. The molecular weight excluding hydrogens is 244 g/mol. The van der Waals surface area contributed by atoms with Gasteiger partial charge in [-0.25, -0.2) is 9.78 Å². The van der Waals surface area contributed by atoms with E-state index >= 15 is 0 Å². The number of nitrogens with zero attached hydrogens (tertiary/aromatic N) is 1. The molecule has 1 heterocycles. The Morgan fingerprint density at radius 2 is 1.95 bits per heavy atom. The molecular formula is C14H14N2O3. The highest BCUT2D eigenvalue weighted by molar-refractivity contribution is 5.89. The van der Waals surface area contributed by atoms with E-state index in [0.717, 1.165) is 5.75 Å². The molecule has 0 amide bonds. The van der Waals surface area contributed by atoms with Gasteiger partial charge in [0.2, 0.25) is 0 Å². The van der Waals surface area contributed by atoms with Crippen LogP contribution in [0.25, 0.3) is 0 Å². The minimum Gasteiger partial charge on any atom is -0.490 e. The SMILES string of the molecule is Nc1cc(C(=O)OCCOc2ccccc2)ccn1. The third-order valence-corrected chi connectivity index (χ3v) is 2.35. The fourth-order valence-electron chi connectivity index (χ4n) is 1.47. The number of aromatic nitrogens is 1. The second-order valence-electron chi connectivity index (χ2n) is 3.77. The predicted molar refractivity (Wildman–Crippen MR) is 70.9 cm³/mol. The summed E-state index contributed by atoms with van der Waals surface area (Å²) in [6.07, 6.45) is 1.46. The molecule has 0 fully saturated rings. The number of hydrogen-bond donors (Lipinski definition) is 1. The third-order valence-electron chi connectivity index (χ3n) is 2.35. The van der Waals surface area contributed by atoms with E-state index in [1.807, 2.05) is 30.3 Å². The summed E-state index contributed by atoms with van der Waals surface area (Å²) in [5.74, 6) is 0.590. The lowest BCUT2D eigenvalue weighted by Gasteiger charge is -2.07. The number of esters is 1. The van der Waals surface area contributed by atoms with Crippen LogP contribution in [-0.4, -0.2) is 24.2 Å². The van der Waals surface area contributed by atoms with Crippen LogP contribution in [0.1, 0.15) is 10.4 Å². The lowest BCUT2D eigenvalue weighted by molar-refractivity contribution is 0.0450. The monoisotopic (exact) mass is 258 g/mol. The Balaban J connectivity index is 1.75. The molecule has 0 spiro atoms. The van der Waals surface area contributed by atoms with Crippen molar-refractivity contribution in [3.8, 4) is 5.75 Å². The molecule has 0 atom stereocenters. The van der Waals surface area contributed by atoms with Crippen molar-refractivity contribution in [3.05, 3.63) is 54.2 Å². The highest BCUT2D eigenvalue weighted by Crippen LogP contribution is 2.08. The fourth-order valence-corrected chi connectivity index (χ4v) is 1.47. The van der Waals surface area contributed by atoms with Crippen molar-refractivity contribution in [2.24, 2.45) is 0 Å². The number of carbonyl (C=O) groups excluding carboxylic acids is 1. The predicted octanol–water partition coefficient (Wildman–Crippen LogP) is 1.90. The van der Waals surface area contributed by atoms with Crippen molar-refractivity contribution in [2.75, 3.05) is 18.9 Å². The minimum atomic E-state index is -0.439. The summed E-state index contributed by atoms with van der Waals surface area (Å²) in [6, 6.07) is 12.4. The van der Waals surface area contributed by atoms with Gasteiger partial charge in [0.15, 0.2) is 0 Å². The quantitative estimate of drug-likeness (QED) is 0.655. The van der Waals surface area contributed by atoms with E-state index in [4.69, 9.17) is 15.2 Å². The third kappa shape index (κ3) is 3.99. The molecule has 0 bridgehead atoms. The van der Waals surface area contributed by atoms with Crippen molar-refractivity contribution in [2.45, 2.75) is 0 Å². The van der Waals surface area contributed by atoms with E-state index in [9.17, 15) is 4.79 Å². The Morgan fingerprint density at radius 3 is 2.68 bits per heavy atom. The summed E-state index contributed by atoms with van der Waals surface area (Å²) in [4.78, 5) is 15.5. The summed E-state index contributed by atoms with van der Waals surface area (Å²) in [7, 11) is 0. The number of para-hydroxylation sites is 1. The zero-order valence-electron chi connectivity index (χ0n) is 10.3. The molecule has 2 rings (SSSR count). The van der Waals surface area contributed by atoms with Gasteiger partial charge in [-0.3, -0.25) is 0 Å². The van der Waals surface area contributed by atoms with E-state index in [2.05, 4.69) is 4.98 Å². The number of benzene rings is 1. The lowest BCUT2D eigenvalue weighted by Crippen LogP contribution is -2.12. The first-order valence-corrected chi connectivity index (χ1v) is 5.82. The second-order valence-corrected chi connectivity index (χ2v) is 3.77. The van der Waals surface area contributed by atoms with Gasteiger partial charge in [0.05, 0.1) is 5.56 Å². The zero-order valence-corrected chi connectivity index (χ0v) is 10.3. The summed E-state index contributed by atoms with van der Waals surface area (Å²) in [6.45, 7) is 0.478. The largest absolute Gasteiger partial charge is 0.490 e. The average molecular weight is 258 g/mol. The van der Waals surface area contributed by atoms with Crippen molar-refractivity contribution in [1.29, 1.82) is 0 Å². The van der Waals surface area contributed by atoms with E-state index in [0.29, 0.717) is 12.2 Å². The molecule has 1 aromatic carbocycles. The first kappa shape index (κ1) is 12.9. The number of pyridine rings is 1. The minimum absolute atomic E-state index is 0.177. The van der Waals surface area contributed by atoms with Gasteiger partial charge in [-0.05, 0) is 24.3 Å². The van der Waals surface area contributed by atoms with E-state index in [-0.39, 0.29) is 12.4 Å². The molecule has 5 nitrogen and oxygen atoms in total. The van der Waals surface area contributed by atoms with Gasteiger partial charge in [0.1, 0.15) is 24.8 Å². The number of ether oxygens (including phenoxy) is 2. The van der Waals surface area contributed by atoms with E-state index < -0.39 is 5.97 Å². The fraction of sp³-hybridized carbons (Fsp3) is 0.143. The van der Waals surface area contributed by atoms with Gasteiger partial charge < -0.3 is 15.2 Å². The smallest absolute Gasteiger partial charge is 0.338 e. The molecule has 0 aliphatic rings. The summed E-state index contributed by atoms with van der Waals surface area (Å²) in [5.41, 5.74) is 5.87. The summed E-state index contributed by atoms with van der Waals surface area (Å²) >= 11 is 0. The first-order chi connectivity index (χ1) is 9.25. The van der Waals surface area contributed by atoms with Crippen molar-refractivity contribution >= 4 is 11.8 Å². The number of anilines is 1. The Hall–Kier alpha value is -2.56. The molecule has 0 aliphatic heterocycles. The molecule has 0 aliphatic carbocycles. The Bertz CT molecular complexity index is 543. The van der Waals surface area contributed by atoms with Crippen LogP contribution in [0.15, 0.2) is 48.7 Å². The molecule has 5 heteroatoms. The topological polar surface area (TPSA) is 74.4 Å². The van der Waals surface area contributed by atoms with Crippen molar-refractivity contribution in [1.82, 2.24) is 4.98 Å². The number of nitrogen functional groups attached to an aromatic ring is 1. The van der Waals surface area contributed by atoms with Crippen LogP contribution in [0.4, 0.5) is 5.82 Å². The molecule has 19 heavy (non-hydrogen) atoms. The maximum Gasteiger partial charge on any atom is 0.338 e. The standard InChI is InChI=1S/C14H14N2O3/c15-13-10-11(6-7-16-13)14(17)19-9-8-18-12-4-2-1-3-5-12/h1-7,10H,8-9H2,(H2,15,16). The first-order valence-electron chi connectivity index (χ1n) is 5.82. The lowest BCUT2D eigenvalue weighted by atomic mass is 10.2. The molecule has 0 radical (unpaired) electrons. The molecule has 0 saturated heterocycles. The highest BCUT2D eigenvalue weighted by atomic mass is 16.6. The second kappa shape index (κ2) is 6.39.